The number of rotatable bonds is 9. The zero-order valence-corrected chi connectivity index (χ0v) is 20.5. The molecular weight excluding hydrogens is 448 g/mol. The molecule has 0 radical (unpaired) electrons. The number of methoxy groups -OCH3 is 2. The Hall–Kier alpha value is -4.25. The zero-order valence-electron chi connectivity index (χ0n) is 20.5. The average Bonchev–Trinajstić information content (AvgIpc) is 2.83. The number of para-hydroxylation sites is 1. The maximum Gasteiger partial charge on any atom is 0.271 e. The van der Waals surface area contributed by atoms with Gasteiger partial charge >= 0.3 is 0 Å². The largest absolute Gasteiger partial charge is 0.494 e. The predicted octanol–water partition coefficient (Wildman–Crippen LogP) is 3.87. The molecule has 3 aromatic rings. The molecule has 0 spiro atoms. The van der Waals surface area contributed by atoms with Crippen molar-refractivity contribution in [1.29, 1.82) is 5.26 Å². The van der Waals surface area contributed by atoms with Gasteiger partial charge in [0.2, 0.25) is 11.7 Å². The number of aromatic hydroxyl groups is 1. The molecule has 0 unspecified atom stereocenters. The van der Waals surface area contributed by atoms with Crippen molar-refractivity contribution in [1.82, 2.24) is 4.57 Å². The summed E-state index contributed by atoms with van der Waals surface area (Å²) in [6.07, 6.45) is 0.342. The minimum Gasteiger partial charge on any atom is -0.494 e. The Morgan fingerprint density at radius 3 is 2.31 bits per heavy atom. The molecule has 0 aliphatic rings. The third-order valence-corrected chi connectivity index (χ3v) is 5.91. The maximum atomic E-state index is 13.1. The van der Waals surface area contributed by atoms with Gasteiger partial charge in [-0.15, -0.1) is 0 Å². The fourth-order valence-corrected chi connectivity index (χ4v) is 4.01. The number of ketones is 1. The number of Topliss-reactive ketones (excluding diaryl/α,β-unsaturated/α-hetero) is 1. The highest BCUT2D eigenvalue weighted by molar-refractivity contribution is 6.01. The van der Waals surface area contributed by atoms with Crippen LogP contribution in [0.4, 0.5) is 0 Å². The third kappa shape index (κ3) is 5.14. The second kappa shape index (κ2) is 10.8. The Morgan fingerprint density at radius 1 is 1.06 bits per heavy atom. The summed E-state index contributed by atoms with van der Waals surface area (Å²) in [5, 5.41) is 20.5. The van der Waals surface area contributed by atoms with Crippen LogP contribution in [0.3, 0.4) is 0 Å². The van der Waals surface area contributed by atoms with Crippen LogP contribution in [0.25, 0.3) is 0 Å². The molecule has 0 atom stereocenters. The van der Waals surface area contributed by atoms with E-state index in [4.69, 9.17) is 14.2 Å². The molecule has 0 fully saturated rings. The highest BCUT2D eigenvalue weighted by Crippen LogP contribution is 2.29. The molecule has 0 saturated heterocycles. The fraction of sp³-hybridized carbons (Fsp3) is 0.296. The van der Waals surface area contributed by atoms with Gasteiger partial charge in [0, 0.05) is 6.54 Å². The number of carbonyl (C=O) groups excluding carboxylic acids is 1. The first-order valence-electron chi connectivity index (χ1n) is 11.0. The van der Waals surface area contributed by atoms with E-state index in [-0.39, 0.29) is 29.8 Å². The smallest absolute Gasteiger partial charge is 0.271 e. The Bertz CT molecular complexity index is 1350. The molecule has 8 heteroatoms. The Balaban J connectivity index is 1.93. The van der Waals surface area contributed by atoms with E-state index in [0.717, 1.165) is 21.3 Å². The topological polar surface area (TPSA) is 111 Å². The zero-order chi connectivity index (χ0) is 25.7. The number of ether oxygens (including phenoxy) is 3. The summed E-state index contributed by atoms with van der Waals surface area (Å²) in [7, 11) is 3.06. The van der Waals surface area contributed by atoms with Crippen molar-refractivity contribution in [3.05, 3.63) is 80.1 Å². The minimum atomic E-state index is -0.657. The molecule has 1 aromatic heterocycles. The van der Waals surface area contributed by atoms with Crippen LogP contribution in [0.1, 0.15) is 38.2 Å². The third-order valence-electron chi connectivity index (χ3n) is 5.91. The molecule has 1 heterocycles. The van der Waals surface area contributed by atoms with Crippen LogP contribution in [0, 0.1) is 32.1 Å². The predicted molar refractivity (Wildman–Crippen MR) is 131 cm³/mol. The minimum absolute atomic E-state index is 0.0488. The summed E-state index contributed by atoms with van der Waals surface area (Å²) < 4.78 is 17.4. The molecule has 182 valence electrons. The van der Waals surface area contributed by atoms with Gasteiger partial charge in [0.1, 0.15) is 17.4 Å². The van der Waals surface area contributed by atoms with Crippen molar-refractivity contribution >= 4 is 5.78 Å². The molecule has 2 aromatic carbocycles. The second-order valence-corrected chi connectivity index (χ2v) is 8.14. The number of carbonyl (C=O) groups is 1. The lowest BCUT2D eigenvalue weighted by Crippen LogP contribution is -2.28. The molecule has 1 N–H and O–H groups in total. The van der Waals surface area contributed by atoms with E-state index >= 15 is 0 Å². The van der Waals surface area contributed by atoms with Gasteiger partial charge in [0.05, 0.1) is 19.8 Å². The van der Waals surface area contributed by atoms with E-state index < -0.39 is 17.2 Å². The number of aryl methyl sites for hydroxylation is 3. The van der Waals surface area contributed by atoms with Gasteiger partial charge < -0.3 is 19.3 Å². The first kappa shape index (κ1) is 25.4. The van der Waals surface area contributed by atoms with Crippen molar-refractivity contribution in [2.24, 2.45) is 0 Å². The average molecular weight is 477 g/mol. The molecule has 0 saturated carbocycles. The lowest BCUT2D eigenvalue weighted by molar-refractivity contribution is 0.0915. The number of hydrogen-bond acceptors (Lipinski definition) is 7. The highest BCUT2D eigenvalue weighted by atomic mass is 16.5. The van der Waals surface area contributed by atoms with Crippen LogP contribution in [0.2, 0.25) is 0 Å². The van der Waals surface area contributed by atoms with Gasteiger partial charge in [0.15, 0.2) is 18.1 Å². The summed E-state index contributed by atoms with van der Waals surface area (Å²) in [6, 6.07) is 12.8. The van der Waals surface area contributed by atoms with E-state index in [2.05, 4.69) is 0 Å². The molecule has 3 rings (SSSR count). The lowest BCUT2D eigenvalue weighted by atomic mass is 10.0. The van der Waals surface area contributed by atoms with Crippen LogP contribution < -0.4 is 19.8 Å². The molecule has 0 bridgehead atoms. The molecule has 8 nitrogen and oxygen atoms in total. The summed E-state index contributed by atoms with van der Waals surface area (Å²) >= 11 is 0. The van der Waals surface area contributed by atoms with E-state index in [1.54, 1.807) is 12.1 Å². The van der Waals surface area contributed by atoms with Crippen molar-refractivity contribution in [3.63, 3.8) is 0 Å². The number of pyridine rings is 1. The van der Waals surface area contributed by atoms with Crippen LogP contribution in [-0.4, -0.2) is 36.3 Å². The standard InChI is InChI=1S/C27H28N2O6/c1-16-7-6-8-17(2)25(16)35-15-21(30)24-18(3)20(14-28)26(31)29(27(24)32)12-11-19-9-10-22(33-4)23(13-19)34-5/h6-10,13,32H,11-12,15H2,1-5H3. The first-order valence-corrected chi connectivity index (χ1v) is 11.0. The summed E-state index contributed by atoms with van der Waals surface area (Å²) in [4.78, 5) is 26.0. The van der Waals surface area contributed by atoms with E-state index in [9.17, 15) is 20.0 Å². The van der Waals surface area contributed by atoms with Gasteiger partial charge in [-0.1, -0.05) is 24.3 Å². The van der Waals surface area contributed by atoms with Gasteiger partial charge in [-0.3, -0.25) is 14.2 Å². The van der Waals surface area contributed by atoms with Gasteiger partial charge in [0.25, 0.3) is 5.56 Å². The van der Waals surface area contributed by atoms with Gasteiger partial charge in [-0.2, -0.15) is 5.26 Å². The van der Waals surface area contributed by atoms with Crippen LogP contribution >= 0.6 is 0 Å². The fourth-order valence-electron chi connectivity index (χ4n) is 4.01. The molecule has 35 heavy (non-hydrogen) atoms. The SMILES string of the molecule is COc1ccc(CCn2c(O)c(C(=O)COc3c(C)cccc3C)c(C)c(C#N)c2=O)cc1OC. The highest BCUT2D eigenvalue weighted by Gasteiger charge is 2.24. The quantitative estimate of drug-likeness (QED) is 0.467. The number of hydrogen-bond donors (Lipinski definition) is 1. The van der Waals surface area contributed by atoms with Crippen LogP contribution in [-0.2, 0) is 13.0 Å². The monoisotopic (exact) mass is 476 g/mol. The summed E-state index contributed by atoms with van der Waals surface area (Å²) in [6.45, 7) is 4.92. The van der Waals surface area contributed by atoms with Crippen molar-refractivity contribution < 1.29 is 24.1 Å². The Kier molecular flexibility index (Phi) is 7.82. The van der Waals surface area contributed by atoms with E-state index in [0.29, 0.717) is 23.7 Å². The lowest BCUT2D eigenvalue weighted by Gasteiger charge is -2.17. The number of nitrogens with zero attached hydrogens (tertiary/aromatic N) is 2. The van der Waals surface area contributed by atoms with E-state index in [1.165, 1.54) is 21.1 Å². The maximum absolute atomic E-state index is 13.1. The number of benzene rings is 2. The summed E-state index contributed by atoms with van der Waals surface area (Å²) in [5.74, 6) is 0.666. The normalized spacial score (nSPS) is 10.5. The summed E-state index contributed by atoms with van der Waals surface area (Å²) in [5.41, 5.74) is 1.75. The molecular formula is C27H28N2O6. The number of aromatic nitrogens is 1. The Morgan fingerprint density at radius 2 is 1.71 bits per heavy atom. The van der Waals surface area contributed by atoms with E-state index in [1.807, 2.05) is 44.2 Å². The van der Waals surface area contributed by atoms with Crippen molar-refractivity contribution in [3.8, 4) is 29.2 Å². The van der Waals surface area contributed by atoms with Crippen LogP contribution in [0.5, 0.6) is 23.1 Å². The molecule has 0 aliphatic heterocycles. The van der Waals surface area contributed by atoms with Crippen molar-refractivity contribution in [2.75, 3.05) is 20.8 Å². The number of nitriles is 1. The van der Waals surface area contributed by atoms with Crippen LogP contribution in [0.15, 0.2) is 41.2 Å². The molecule has 0 amide bonds. The Labute approximate surface area is 203 Å². The first-order chi connectivity index (χ1) is 16.7. The second-order valence-electron chi connectivity index (χ2n) is 8.14. The van der Waals surface area contributed by atoms with Gasteiger partial charge in [-0.05, 0) is 61.6 Å². The molecule has 0 aliphatic carbocycles. The van der Waals surface area contributed by atoms with Crippen molar-refractivity contribution in [2.45, 2.75) is 33.7 Å². The van der Waals surface area contributed by atoms with Gasteiger partial charge in [-0.25, -0.2) is 0 Å².